The molecule has 0 aromatic heterocycles. The normalized spacial score (nSPS) is 21.2. The number of hydrogen-bond acceptors (Lipinski definition) is 2. The van der Waals surface area contributed by atoms with E-state index in [1.54, 1.807) is 0 Å². The Labute approximate surface area is 148 Å². The van der Waals surface area contributed by atoms with Crippen LogP contribution in [0, 0.1) is 11.8 Å². The van der Waals surface area contributed by atoms with E-state index in [9.17, 15) is 4.79 Å². The number of rotatable bonds is 6. The van der Waals surface area contributed by atoms with E-state index in [2.05, 4.69) is 41.9 Å². The highest BCUT2D eigenvalue weighted by molar-refractivity contribution is 9.10. The third-order valence-corrected chi connectivity index (χ3v) is 4.91. The number of nitrogens with two attached hydrogens (primary N) is 1. The summed E-state index contributed by atoms with van der Waals surface area (Å²) in [6.45, 7) is 4.99. The van der Waals surface area contributed by atoms with Crippen molar-refractivity contribution in [2.24, 2.45) is 17.6 Å². The van der Waals surface area contributed by atoms with Crippen molar-refractivity contribution in [1.82, 2.24) is 4.90 Å². The van der Waals surface area contributed by atoms with E-state index in [4.69, 9.17) is 5.73 Å². The molecular weight excluding hydrogens is 364 g/mol. The largest absolute Gasteiger partial charge is 0.345 e. The summed E-state index contributed by atoms with van der Waals surface area (Å²) < 4.78 is 1.08. The number of halogens is 2. The monoisotopic (exact) mass is 388 g/mol. The molecule has 0 radical (unpaired) electrons. The lowest BCUT2D eigenvalue weighted by Crippen LogP contribution is -2.35. The molecule has 3 atom stereocenters. The highest BCUT2D eigenvalue weighted by Crippen LogP contribution is 2.48. The van der Waals surface area contributed by atoms with Crippen molar-refractivity contribution in [2.45, 2.75) is 38.6 Å². The summed E-state index contributed by atoms with van der Waals surface area (Å²) in [6, 6.07) is 8.44. The molecule has 124 valence electrons. The molecule has 1 aromatic rings. The zero-order chi connectivity index (χ0) is 15.6. The number of carbonyl (C=O) groups excluding carboxylic acids is 1. The first-order valence-corrected chi connectivity index (χ1v) is 8.45. The number of nitrogens with zero attached hydrogens (tertiary/aromatic N) is 1. The van der Waals surface area contributed by atoms with Gasteiger partial charge >= 0.3 is 0 Å². The Bertz CT molecular complexity index is 509. The van der Waals surface area contributed by atoms with E-state index < -0.39 is 0 Å². The Morgan fingerprint density at radius 1 is 1.45 bits per heavy atom. The zero-order valence-electron chi connectivity index (χ0n) is 13.5. The molecule has 0 saturated heterocycles. The summed E-state index contributed by atoms with van der Waals surface area (Å²) in [5.41, 5.74) is 7.31. The van der Waals surface area contributed by atoms with Gasteiger partial charge in [-0.15, -0.1) is 12.4 Å². The average molecular weight is 390 g/mol. The van der Waals surface area contributed by atoms with Crippen molar-refractivity contribution in [3.63, 3.8) is 0 Å². The van der Waals surface area contributed by atoms with Gasteiger partial charge in [-0.2, -0.15) is 0 Å². The topological polar surface area (TPSA) is 46.3 Å². The van der Waals surface area contributed by atoms with Gasteiger partial charge in [0.2, 0.25) is 5.91 Å². The van der Waals surface area contributed by atoms with Crippen LogP contribution in [0.5, 0.6) is 0 Å². The van der Waals surface area contributed by atoms with Crippen LogP contribution in [0.4, 0.5) is 0 Å². The van der Waals surface area contributed by atoms with Gasteiger partial charge in [0.15, 0.2) is 0 Å². The predicted molar refractivity (Wildman–Crippen MR) is 97.3 cm³/mol. The molecule has 1 aliphatic rings. The van der Waals surface area contributed by atoms with Gasteiger partial charge in [0, 0.05) is 30.0 Å². The third-order valence-electron chi connectivity index (χ3n) is 4.41. The summed E-state index contributed by atoms with van der Waals surface area (Å²) >= 11 is 3.49. The van der Waals surface area contributed by atoms with Gasteiger partial charge < -0.3 is 10.6 Å². The van der Waals surface area contributed by atoms with E-state index in [0.29, 0.717) is 11.8 Å². The Morgan fingerprint density at radius 2 is 2.14 bits per heavy atom. The molecule has 1 fully saturated rings. The molecule has 3 unspecified atom stereocenters. The predicted octanol–water partition coefficient (Wildman–Crippen LogP) is 3.81. The van der Waals surface area contributed by atoms with Gasteiger partial charge in [-0.1, -0.05) is 41.9 Å². The number of amides is 1. The van der Waals surface area contributed by atoms with Gasteiger partial charge in [-0.05, 0) is 42.4 Å². The quantitative estimate of drug-likeness (QED) is 0.804. The second kappa shape index (κ2) is 8.32. The molecule has 0 aliphatic heterocycles. The lowest BCUT2D eigenvalue weighted by Gasteiger charge is -2.21. The zero-order valence-corrected chi connectivity index (χ0v) is 15.9. The van der Waals surface area contributed by atoms with Gasteiger partial charge in [0.05, 0.1) is 0 Å². The number of carbonyl (C=O) groups is 1. The fourth-order valence-corrected chi connectivity index (χ4v) is 3.06. The molecule has 0 bridgehead atoms. The van der Waals surface area contributed by atoms with Crippen molar-refractivity contribution < 1.29 is 4.79 Å². The second-order valence-electron chi connectivity index (χ2n) is 6.46. The van der Waals surface area contributed by atoms with E-state index in [1.165, 1.54) is 5.56 Å². The lowest BCUT2D eigenvalue weighted by atomic mass is 10.0. The molecule has 0 spiro atoms. The minimum Gasteiger partial charge on any atom is -0.345 e. The first-order chi connectivity index (χ1) is 9.90. The van der Waals surface area contributed by atoms with Crippen LogP contribution < -0.4 is 5.73 Å². The molecule has 3 nitrogen and oxygen atoms in total. The fourth-order valence-electron chi connectivity index (χ4n) is 2.64. The highest BCUT2D eigenvalue weighted by Gasteiger charge is 2.45. The summed E-state index contributed by atoms with van der Waals surface area (Å²) in [7, 11) is 1.89. The standard InChI is InChI=1S/C17H25BrN2O.ClH/c1-11(2)16(19)7-8-20(3)17(21)15-10-14(15)12-5-4-6-13(18)9-12;/h4-6,9,11,14-16H,7-8,10,19H2,1-3H3;1H. The van der Waals surface area contributed by atoms with Crippen molar-refractivity contribution in [1.29, 1.82) is 0 Å². The van der Waals surface area contributed by atoms with Crippen molar-refractivity contribution >= 4 is 34.2 Å². The molecule has 2 rings (SSSR count). The van der Waals surface area contributed by atoms with Crippen LogP contribution in [0.15, 0.2) is 28.7 Å². The van der Waals surface area contributed by atoms with Crippen LogP contribution in [-0.2, 0) is 4.79 Å². The summed E-state index contributed by atoms with van der Waals surface area (Å²) in [5, 5.41) is 0. The Balaban J connectivity index is 0.00000242. The molecule has 1 amide bonds. The molecule has 5 heteroatoms. The van der Waals surface area contributed by atoms with Crippen molar-refractivity contribution in [2.75, 3.05) is 13.6 Å². The minimum absolute atomic E-state index is 0. The minimum atomic E-state index is 0. The van der Waals surface area contributed by atoms with Gasteiger partial charge in [-0.25, -0.2) is 0 Å². The SMILES string of the molecule is CC(C)C(N)CCN(C)C(=O)C1CC1c1cccc(Br)c1.Cl. The Kier molecular flexibility index (Phi) is 7.36. The second-order valence-corrected chi connectivity index (χ2v) is 7.38. The lowest BCUT2D eigenvalue weighted by molar-refractivity contribution is -0.131. The van der Waals surface area contributed by atoms with E-state index >= 15 is 0 Å². The van der Waals surface area contributed by atoms with E-state index in [0.717, 1.165) is 23.9 Å². The molecule has 1 aliphatic carbocycles. The van der Waals surface area contributed by atoms with Crippen LogP contribution in [0.1, 0.15) is 38.2 Å². The maximum absolute atomic E-state index is 12.4. The van der Waals surface area contributed by atoms with Crippen LogP contribution in [0.3, 0.4) is 0 Å². The van der Waals surface area contributed by atoms with Crippen molar-refractivity contribution in [3.8, 4) is 0 Å². The molecule has 2 N–H and O–H groups in total. The van der Waals surface area contributed by atoms with Gasteiger partial charge in [0.25, 0.3) is 0 Å². The molecule has 1 saturated carbocycles. The Morgan fingerprint density at radius 3 is 2.73 bits per heavy atom. The first-order valence-electron chi connectivity index (χ1n) is 7.66. The Hall–Kier alpha value is -0.580. The number of benzene rings is 1. The van der Waals surface area contributed by atoms with Crippen molar-refractivity contribution in [3.05, 3.63) is 34.3 Å². The highest BCUT2D eigenvalue weighted by atomic mass is 79.9. The smallest absolute Gasteiger partial charge is 0.226 e. The first kappa shape index (κ1) is 19.5. The molecule has 0 heterocycles. The van der Waals surface area contributed by atoms with Crippen LogP contribution in [0.2, 0.25) is 0 Å². The van der Waals surface area contributed by atoms with Gasteiger partial charge in [-0.3, -0.25) is 4.79 Å². The molecular formula is C17H26BrClN2O. The summed E-state index contributed by atoms with van der Waals surface area (Å²) in [4.78, 5) is 14.3. The van der Waals surface area contributed by atoms with Crippen LogP contribution in [0.25, 0.3) is 0 Å². The fraction of sp³-hybridized carbons (Fsp3) is 0.588. The number of hydrogen-bond donors (Lipinski definition) is 1. The van der Waals surface area contributed by atoms with Crippen LogP contribution >= 0.6 is 28.3 Å². The molecule has 1 aromatic carbocycles. The van der Waals surface area contributed by atoms with E-state index in [1.807, 2.05) is 24.1 Å². The average Bonchev–Trinajstić information content (AvgIpc) is 3.23. The summed E-state index contributed by atoms with van der Waals surface area (Å²) in [5.74, 6) is 1.26. The third kappa shape index (κ3) is 4.97. The van der Waals surface area contributed by atoms with Gasteiger partial charge in [0.1, 0.15) is 0 Å². The maximum atomic E-state index is 12.4. The molecule has 22 heavy (non-hydrogen) atoms. The maximum Gasteiger partial charge on any atom is 0.226 e. The summed E-state index contributed by atoms with van der Waals surface area (Å²) in [6.07, 6.45) is 1.84. The van der Waals surface area contributed by atoms with E-state index in [-0.39, 0.29) is 30.3 Å². The van der Waals surface area contributed by atoms with Crippen LogP contribution in [-0.4, -0.2) is 30.4 Å².